The van der Waals surface area contributed by atoms with Crippen LogP contribution in [-0.2, 0) is 14.3 Å². The molecule has 0 heterocycles. The lowest BCUT2D eigenvalue weighted by molar-refractivity contribution is -0.146. The van der Waals surface area contributed by atoms with Crippen LogP contribution in [0, 0.1) is 5.92 Å². The van der Waals surface area contributed by atoms with Gasteiger partial charge in [0.05, 0.1) is 12.6 Å². The Hall–Kier alpha value is -1.10. The molecule has 1 atom stereocenters. The molecule has 1 fully saturated rings. The Labute approximate surface area is 108 Å². The van der Waals surface area contributed by atoms with Gasteiger partial charge >= 0.3 is 5.97 Å². The highest BCUT2D eigenvalue weighted by atomic mass is 16.5. The summed E-state index contributed by atoms with van der Waals surface area (Å²) in [7, 11) is 1.33. The first-order chi connectivity index (χ1) is 8.39. The van der Waals surface area contributed by atoms with Crippen LogP contribution in [0.15, 0.2) is 0 Å². The Morgan fingerprint density at radius 3 is 2.33 bits per heavy atom. The van der Waals surface area contributed by atoms with Crippen LogP contribution in [0.3, 0.4) is 0 Å². The fourth-order valence-corrected chi connectivity index (χ4v) is 2.36. The van der Waals surface area contributed by atoms with Crippen molar-refractivity contribution in [2.24, 2.45) is 11.7 Å². The summed E-state index contributed by atoms with van der Waals surface area (Å²) in [5.41, 5.74) is 5.26. The van der Waals surface area contributed by atoms with Crippen molar-refractivity contribution in [2.75, 3.05) is 7.11 Å². The minimum absolute atomic E-state index is 0.226. The number of hydrogen-bond donors (Lipinski definition) is 2. The van der Waals surface area contributed by atoms with Gasteiger partial charge < -0.3 is 15.8 Å². The van der Waals surface area contributed by atoms with Gasteiger partial charge in [-0.1, -0.05) is 26.7 Å². The average molecular weight is 256 g/mol. The highest BCUT2D eigenvalue weighted by molar-refractivity contribution is 5.90. The van der Waals surface area contributed by atoms with Gasteiger partial charge in [-0.25, -0.2) is 4.79 Å². The first-order valence-corrected chi connectivity index (χ1v) is 6.56. The maximum atomic E-state index is 12.1. The molecule has 1 aliphatic rings. The molecule has 5 heteroatoms. The Morgan fingerprint density at radius 1 is 1.33 bits per heavy atom. The highest BCUT2D eigenvalue weighted by Crippen LogP contribution is 2.27. The molecule has 5 nitrogen and oxygen atoms in total. The van der Waals surface area contributed by atoms with Crippen molar-refractivity contribution in [3.8, 4) is 0 Å². The van der Waals surface area contributed by atoms with E-state index in [4.69, 9.17) is 10.5 Å². The van der Waals surface area contributed by atoms with Gasteiger partial charge in [0.15, 0.2) is 0 Å². The molecule has 0 radical (unpaired) electrons. The van der Waals surface area contributed by atoms with Gasteiger partial charge in [0, 0.05) is 0 Å². The largest absolute Gasteiger partial charge is 0.467 e. The molecule has 1 aliphatic carbocycles. The van der Waals surface area contributed by atoms with Gasteiger partial charge in [-0.05, 0) is 25.2 Å². The van der Waals surface area contributed by atoms with Crippen LogP contribution in [0.5, 0.6) is 0 Å². The van der Waals surface area contributed by atoms with E-state index in [-0.39, 0.29) is 5.91 Å². The van der Waals surface area contributed by atoms with Crippen LogP contribution in [0.25, 0.3) is 0 Å². The average Bonchev–Trinajstić information content (AvgIpc) is 2.75. The third-order valence-corrected chi connectivity index (χ3v) is 3.45. The Balaban J connectivity index is 2.64. The molecule has 18 heavy (non-hydrogen) atoms. The summed E-state index contributed by atoms with van der Waals surface area (Å²) >= 11 is 0. The van der Waals surface area contributed by atoms with Crippen LogP contribution in [0.4, 0.5) is 0 Å². The van der Waals surface area contributed by atoms with E-state index < -0.39 is 17.6 Å². The van der Waals surface area contributed by atoms with E-state index in [9.17, 15) is 9.59 Å². The number of nitrogens with one attached hydrogen (secondary N) is 1. The lowest BCUT2D eigenvalue weighted by atomic mass is 9.96. The van der Waals surface area contributed by atoms with Gasteiger partial charge in [-0.2, -0.15) is 0 Å². The second-order valence-corrected chi connectivity index (χ2v) is 5.54. The molecular weight excluding hydrogens is 232 g/mol. The maximum absolute atomic E-state index is 12.1. The minimum atomic E-state index is -0.802. The van der Waals surface area contributed by atoms with E-state index in [2.05, 4.69) is 5.32 Å². The van der Waals surface area contributed by atoms with Gasteiger partial charge in [0.25, 0.3) is 0 Å². The summed E-state index contributed by atoms with van der Waals surface area (Å²) < 4.78 is 4.72. The van der Waals surface area contributed by atoms with E-state index in [1.165, 1.54) is 7.11 Å². The third kappa shape index (κ3) is 3.70. The fraction of sp³-hybridized carbons (Fsp3) is 0.846. The van der Waals surface area contributed by atoms with Crippen LogP contribution in [0.1, 0.15) is 46.0 Å². The van der Waals surface area contributed by atoms with E-state index >= 15 is 0 Å². The predicted octanol–water partition coefficient (Wildman–Crippen LogP) is 0.962. The SMILES string of the molecule is COC(=O)C(CC(C)C)NC(=O)C1(N)CCCC1. The van der Waals surface area contributed by atoms with Gasteiger partial charge in [0.2, 0.25) is 5.91 Å². The Bertz CT molecular complexity index is 309. The molecule has 0 saturated heterocycles. The number of methoxy groups -OCH3 is 1. The smallest absolute Gasteiger partial charge is 0.328 e. The molecule has 0 bridgehead atoms. The van der Waals surface area contributed by atoms with E-state index in [1.54, 1.807) is 0 Å². The summed E-state index contributed by atoms with van der Waals surface area (Å²) in [6, 6.07) is -0.594. The lowest BCUT2D eigenvalue weighted by Gasteiger charge is -2.26. The Kier molecular flexibility index (Phi) is 5.14. The number of ether oxygens (including phenoxy) is 1. The van der Waals surface area contributed by atoms with Crippen LogP contribution in [0.2, 0.25) is 0 Å². The van der Waals surface area contributed by atoms with Crippen molar-refractivity contribution in [3.05, 3.63) is 0 Å². The summed E-state index contributed by atoms with van der Waals surface area (Å²) in [6.07, 6.45) is 3.88. The zero-order chi connectivity index (χ0) is 13.8. The monoisotopic (exact) mass is 256 g/mol. The maximum Gasteiger partial charge on any atom is 0.328 e. The molecule has 104 valence electrons. The molecule has 1 saturated carbocycles. The Morgan fingerprint density at radius 2 is 1.89 bits per heavy atom. The second-order valence-electron chi connectivity index (χ2n) is 5.54. The predicted molar refractivity (Wildman–Crippen MR) is 68.8 cm³/mol. The van der Waals surface area contributed by atoms with Crippen molar-refractivity contribution in [2.45, 2.75) is 57.5 Å². The quantitative estimate of drug-likeness (QED) is 0.718. The molecule has 1 amide bonds. The molecule has 3 N–H and O–H groups in total. The third-order valence-electron chi connectivity index (χ3n) is 3.45. The molecule has 0 aliphatic heterocycles. The van der Waals surface area contributed by atoms with E-state index in [1.807, 2.05) is 13.8 Å². The topological polar surface area (TPSA) is 81.4 Å². The summed E-state index contributed by atoms with van der Waals surface area (Å²) in [6.45, 7) is 3.99. The highest BCUT2D eigenvalue weighted by Gasteiger charge is 2.38. The number of rotatable bonds is 5. The van der Waals surface area contributed by atoms with Gasteiger partial charge in [-0.3, -0.25) is 4.79 Å². The second kappa shape index (κ2) is 6.18. The zero-order valence-corrected chi connectivity index (χ0v) is 11.5. The lowest BCUT2D eigenvalue weighted by Crippen LogP contribution is -2.56. The van der Waals surface area contributed by atoms with Crippen LogP contribution < -0.4 is 11.1 Å². The first-order valence-electron chi connectivity index (χ1n) is 6.56. The summed E-state index contributed by atoms with van der Waals surface area (Å²) in [4.78, 5) is 23.8. The van der Waals surface area contributed by atoms with Crippen molar-refractivity contribution < 1.29 is 14.3 Å². The molecule has 1 rings (SSSR count). The fourth-order valence-electron chi connectivity index (χ4n) is 2.36. The standard InChI is InChI=1S/C13H24N2O3/c1-9(2)8-10(11(16)18-3)15-12(17)13(14)6-4-5-7-13/h9-10H,4-8,14H2,1-3H3,(H,15,17). The number of hydrogen-bond acceptors (Lipinski definition) is 4. The molecule has 1 unspecified atom stereocenters. The summed E-state index contributed by atoms with van der Waals surface area (Å²) in [5.74, 6) is -0.332. The van der Waals surface area contributed by atoms with E-state index in [0.717, 1.165) is 12.8 Å². The molecule has 0 spiro atoms. The number of esters is 1. The summed E-state index contributed by atoms with van der Waals surface area (Å²) in [5, 5.41) is 2.74. The van der Waals surface area contributed by atoms with E-state index in [0.29, 0.717) is 25.2 Å². The van der Waals surface area contributed by atoms with Crippen molar-refractivity contribution >= 4 is 11.9 Å². The van der Waals surface area contributed by atoms with Gasteiger partial charge in [0.1, 0.15) is 6.04 Å². The van der Waals surface area contributed by atoms with Crippen LogP contribution in [-0.4, -0.2) is 30.6 Å². The van der Waals surface area contributed by atoms with Crippen molar-refractivity contribution in [1.29, 1.82) is 0 Å². The normalized spacial score (nSPS) is 19.6. The first kappa shape index (κ1) is 15.0. The van der Waals surface area contributed by atoms with Crippen molar-refractivity contribution in [1.82, 2.24) is 5.32 Å². The van der Waals surface area contributed by atoms with Crippen molar-refractivity contribution in [3.63, 3.8) is 0 Å². The zero-order valence-electron chi connectivity index (χ0n) is 11.5. The van der Waals surface area contributed by atoms with Gasteiger partial charge in [-0.15, -0.1) is 0 Å². The number of nitrogens with two attached hydrogens (primary N) is 1. The number of amides is 1. The number of carbonyl (C=O) groups excluding carboxylic acids is 2. The molecule has 0 aromatic rings. The number of carbonyl (C=O) groups is 2. The molecular formula is C13H24N2O3. The van der Waals surface area contributed by atoms with Crippen LogP contribution >= 0.6 is 0 Å². The molecule has 0 aromatic heterocycles. The minimum Gasteiger partial charge on any atom is -0.467 e. The molecule has 0 aromatic carbocycles.